The minimum absolute atomic E-state index is 0.139. The third-order valence-corrected chi connectivity index (χ3v) is 4.28. The van der Waals surface area contributed by atoms with Gasteiger partial charge in [0.15, 0.2) is 0 Å². The number of hydrogen-bond acceptors (Lipinski definition) is 3. The van der Waals surface area contributed by atoms with Gasteiger partial charge in [-0.2, -0.15) is 0 Å². The predicted octanol–water partition coefficient (Wildman–Crippen LogP) is 2.87. The Morgan fingerprint density at radius 2 is 1.96 bits per heavy atom. The molecule has 23 heavy (non-hydrogen) atoms. The molecule has 3 rings (SSSR count). The number of halogens is 1. The van der Waals surface area contributed by atoms with Crippen molar-refractivity contribution in [2.24, 2.45) is 5.92 Å². The van der Waals surface area contributed by atoms with Crippen molar-refractivity contribution >= 4 is 11.6 Å². The lowest BCUT2D eigenvalue weighted by molar-refractivity contribution is 0.0945. The fourth-order valence-corrected chi connectivity index (χ4v) is 2.88. The number of anilines is 1. The average molecular weight is 313 g/mol. The molecule has 0 aliphatic carbocycles. The van der Waals surface area contributed by atoms with Gasteiger partial charge in [-0.05, 0) is 55.2 Å². The highest BCUT2D eigenvalue weighted by Gasteiger charge is 2.20. The van der Waals surface area contributed by atoms with Crippen molar-refractivity contribution < 1.29 is 9.18 Å². The Bertz CT molecular complexity index is 637. The third-order valence-electron chi connectivity index (χ3n) is 4.28. The van der Waals surface area contributed by atoms with E-state index in [9.17, 15) is 9.18 Å². The monoisotopic (exact) mass is 313 g/mol. The smallest absolute Gasteiger partial charge is 0.251 e. The van der Waals surface area contributed by atoms with Gasteiger partial charge in [-0.15, -0.1) is 0 Å². The van der Waals surface area contributed by atoms with Crippen LogP contribution in [-0.2, 0) is 0 Å². The summed E-state index contributed by atoms with van der Waals surface area (Å²) in [6, 6.07) is 9.65. The van der Waals surface area contributed by atoms with Crippen LogP contribution in [0, 0.1) is 11.7 Å². The van der Waals surface area contributed by atoms with Gasteiger partial charge in [0.05, 0.1) is 11.9 Å². The maximum absolute atomic E-state index is 12.9. The zero-order chi connectivity index (χ0) is 16.1. The number of benzene rings is 1. The molecule has 1 aromatic heterocycles. The van der Waals surface area contributed by atoms with Crippen LogP contribution in [0.25, 0.3) is 0 Å². The van der Waals surface area contributed by atoms with Crippen molar-refractivity contribution in [3.63, 3.8) is 0 Å². The summed E-state index contributed by atoms with van der Waals surface area (Å²) in [6.07, 6.45) is 5.75. The van der Waals surface area contributed by atoms with E-state index in [2.05, 4.69) is 21.3 Å². The first kappa shape index (κ1) is 15.5. The highest BCUT2D eigenvalue weighted by molar-refractivity contribution is 5.94. The van der Waals surface area contributed by atoms with E-state index < -0.39 is 0 Å². The van der Waals surface area contributed by atoms with E-state index in [0.29, 0.717) is 18.0 Å². The Hall–Kier alpha value is -2.43. The quantitative estimate of drug-likeness (QED) is 0.944. The SMILES string of the molecule is O=C(NCC1CCN(c2cccnc2)CC1)c1ccc(F)cc1. The number of pyridine rings is 1. The summed E-state index contributed by atoms with van der Waals surface area (Å²) in [6.45, 7) is 2.61. The zero-order valence-corrected chi connectivity index (χ0v) is 12.9. The first-order valence-electron chi connectivity index (χ1n) is 7.91. The lowest BCUT2D eigenvalue weighted by Crippen LogP contribution is -2.38. The Morgan fingerprint density at radius 1 is 1.22 bits per heavy atom. The van der Waals surface area contributed by atoms with Crippen LogP contribution >= 0.6 is 0 Å². The molecule has 0 spiro atoms. The maximum Gasteiger partial charge on any atom is 0.251 e. The van der Waals surface area contributed by atoms with Crippen LogP contribution < -0.4 is 10.2 Å². The van der Waals surface area contributed by atoms with Crippen molar-refractivity contribution in [2.45, 2.75) is 12.8 Å². The summed E-state index contributed by atoms with van der Waals surface area (Å²) in [5.41, 5.74) is 1.65. The van der Waals surface area contributed by atoms with E-state index in [1.165, 1.54) is 24.3 Å². The highest BCUT2D eigenvalue weighted by Crippen LogP contribution is 2.22. The average Bonchev–Trinajstić information content (AvgIpc) is 2.61. The minimum Gasteiger partial charge on any atom is -0.370 e. The predicted molar refractivity (Wildman–Crippen MR) is 87.9 cm³/mol. The Kier molecular flexibility index (Phi) is 4.86. The molecule has 1 N–H and O–H groups in total. The topological polar surface area (TPSA) is 45.2 Å². The van der Waals surface area contributed by atoms with Crippen LogP contribution in [-0.4, -0.2) is 30.5 Å². The van der Waals surface area contributed by atoms with Crippen LogP contribution in [0.2, 0.25) is 0 Å². The van der Waals surface area contributed by atoms with Crippen molar-refractivity contribution in [3.8, 4) is 0 Å². The molecule has 1 aliphatic heterocycles. The van der Waals surface area contributed by atoms with Gasteiger partial charge in [0.25, 0.3) is 5.91 Å². The molecule has 5 heteroatoms. The van der Waals surface area contributed by atoms with Gasteiger partial charge in [-0.25, -0.2) is 4.39 Å². The summed E-state index contributed by atoms with van der Waals surface area (Å²) in [5, 5.41) is 2.95. The number of rotatable bonds is 4. The van der Waals surface area contributed by atoms with E-state index in [1.807, 2.05) is 12.3 Å². The second-order valence-electron chi connectivity index (χ2n) is 5.86. The molecule has 4 nitrogen and oxygen atoms in total. The first-order valence-corrected chi connectivity index (χ1v) is 7.91. The molecule has 1 aliphatic rings. The lowest BCUT2D eigenvalue weighted by atomic mass is 9.96. The van der Waals surface area contributed by atoms with Crippen LogP contribution in [0.15, 0.2) is 48.8 Å². The summed E-state index contributed by atoms with van der Waals surface area (Å²) in [7, 11) is 0. The standard InChI is InChI=1S/C18H20FN3O/c19-16-5-3-15(4-6-16)18(23)21-12-14-7-10-22(11-8-14)17-2-1-9-20-13-17/h1-6,9,13-14H,7-8,10-12H2,(H,21,23). The molecule has 0 bridgehead atoms. The van der Waals surface area contributed by atoms with Crippen LogP contribution in [0.5, 0.6) is 0 Å². The molecule has 120 valence electrons. The molecular formula is C18H20FN3O. The molecule has 2 aromatic rings. The molecule has 0 saturated carbocycles. The molecule has 1 saturated heterocycles. The van der Waals surface area contributed by atoms with Gasteiger partial charge in [-0.1, -0.05) is 0 Å². The first-order chi connectivity index (χ1) is 11.2. The molecule has 1 fully saturated rings. The van der Waals surface area contributed by atoms with Crippen LogP contribution in [0.3, 0.4) is 0 Å². The van der Waals surface area contributed by atoms with Gasteiger partial charge in [0.1, 0.15) is 5.82 Å². The van der Waals surface area contributed by atoms with Crippen molar-refractivity contribution in [2.75, 3.05) is 24.5 Å². The molecular weight excluding hydrogens is 293 g/mol. The van der Waals surface area contributed by atoms with E-state index in [0.717, 1.165) is 31.6 Å². The Morgan fingerprint density at radius 3 is 2.61 bits per heavy atom. The normalized spacial score (nSPS) is 15.4. The Labute approximate surface area is 135 Å². The molecule has 0 radical (unpaired) electrons. The molecule has 0 atom stereocenters. The number of nitrogens with zero attached hydrogens (tertiary/aromatic N) is 2. The molecule has 0 unspecified atom stereocenters. The van der Waals surface area contributed by atoms with E-state index in [-0.39, 0.29) is 11.7 Å². The maximum atomic E-state index is 12.9. The van der Waals surface area contributed by atoms with E-state index in [1.54, 1.807) is 6.20 Å². The summed E-state index contributed by atoms with van der Waals surface area (Å²) < 4.78 is 12.9. The van der Waals surface area contributed by atoms with E-state index in [4.69, 9.17) is 0 Å². The second kappa shape index (κ2) is 7.22. The summed E-state index contributed by atoms with van der Waals surface area (Å²) >= 11 is 0. The van der Waals surface area contributed by atoms with Gasteiger partial charge in [0, 0.05) is 31.4 Å². The highest BCUT2D eigenvalue weighted by atomic mass is 19.1. The van der Waals surface area contributed by atoms with Crippen molar-refractivity contribution in [3.05, 3.63) is 60.2 Å². The number of piperidine rings is 1. The fourth-order valence-electron chi connectivity index (χ4n) is 2.88. The molecule has 2 heterocycles. The fraction of sp³-hybridized carbons (Fsp3) is 0.333. The lowest BCUT2D eigenvalue weighted by Gasteiger charge is -2.33. The second-order valence-corrected chi connectivity index (χ2v) is 5.86. The number of hydrogen-bond donors (Lipinski definition) is 1. The molecule has 1 aromatic carbocycles. The van der Waals surface area contributed by atoms with Gasteiger partial charge in [-0.3, -0.25) is 9.78 Å². The molecule has 1 amide bonds. The van der Waals surface area contributed by atoms with Crippen LogP contribution in [0.1, 0.15) is 23.2 Å². The number of amides is 1. The van der Waals surface area contributed by atoms with Crippen molar-refractivity contribution in [1.29, 1.82) is 0 Å². The van der Waals surface area contributed by atoms with Crippen LogP contribution in [0.4, 0.5) is 10.1 Å². The van der Waals surface area contributed by atoms with E-state index >= 15 is 0 Å². The number of carbonyl (C=O) groups excluding carboxylic acids is 1. The van der Waals surface area contributed by atoms with Crippen molar-refractivity contribution in [1.82, 2.24) is 10.3 Å². The van der Waals surface area contributed by atoms with Gasteiger partial charge >= 0.3 is 0 Å². The largest absolute Gasteiger partial charge is 0.370 e. The Balaban J connectivity index is 1.46. The summed E-state index contributed by atoms with van der Waals surface area (Å²) in [5.74, 6) is 0.0105. The van der Waals surface area contributed by atoms with Gasteiger partial charge in [0.2, 0.25) is 0 Å². The number of nitrogens with one attached hydrogen (secondary N) is 1. The third kappa shape index (κ3) is 4.06. The minimum atomic E-state index is -0.329. The summed E-state index contributed by atoms with van der Waals surface area (Å²) in [4.78, 5) is 18.5. The number of aromatic nitrogens is 1. The zero-order valence-electron chi connectivity index (χ0n) is 12.9. The van der Waals surface area contributed by atoms with Gasteiger partial charge < -0.3 is 10.2 Å². The number of carbonyl (C=O) groups is 1.